The Hall–Kier alpha value is -1.61. The summed E-state index contributed by atoms with van der Waals surface area (Å²) in [6.45, 7) is 10.6. The summed E-state index contributed by atoms with van der Waals surface area (Å²) in [5.74, 6) is -1.71. The van der Waals surface area contributed by atoms with Crippen LogP contribution in [-0.2, 0) is 14.3 Å². The molecule has 2 heterocycles. The number of cyclic esters (lactones) is 1. The van der Waals surface area contributed by atoms with Crippen LogP contribution >= 0.6 is 11.3 Å². The third-order valence-corrected chi connectivity index (χ3v) is 7.88. The van der Waals surface area contributed by atoms with Crippen LogP contribution in [0, 0.1) is 24.2 Å². The van der Waals surface area contributed by atoms with Crippen molar-refractivity contribution in [3.05, 3.63) is 21.7 Å². The molecule has 1 aliphatic heterocycles. The fourth-order valence-corrected chi connectivity index (χ4v) is 5.08. The van der Waals surface area contributed by atoms with E-state index in [1.807, 2.05) is 32.2 Å². The molecule has 3 N–H and O–H groups in total. The molecule has 34 heavy (non-hydrogen) atoms. The second-order valence-corrected chi connectivity index (χ2v) is 11.4. The van der Waals surface area contributed by atoms with Crippen molar-refractivity contribution in [3.8, 4) is 0 Å². The standard InChI is InChI=1S/C26H41NO6S/c1-15-8-7-9-20(28)10-11-21(16(2)12-19-14-34-18(4)27-19)33-23(30)13-22(29)26(5,6)25(32)17(3)24(15)31/h12,14-15,17,20-22,24,28-29,31H,7-11,13H2,1-6H3. The number of hydrogen-bond acceptors (Lipinski definition) is 8. The summed E-state index contributed by atoms with van der Waals surface area (Å²) in [5.41, 5.74) is 0.379. The molecule has 6 atom stereocenters. The first-order valence-corrected chi connectivity index (χ1v) is 13.1. The van der Waals surface area contributed by atoms with Gasteiger partial charge in [0.1, 0.15) is 11.9 Å². The van der Waals surface area contributed by atoms with Crippen molar-refractivity contribution in [2.75, 3.05) is 0 Å². The Kier molecular flexibility index (Phi) is 10.4. The van der Waals surface area contributed by atoms with Gasteiger partial charge in [-0.15, -0.1) is 11.3 Å². The van der Waals surface area contributed by atoms with Crippen LogP contribution in [0.5, 0.6) is 0 Å². The lowest BCUT2D eigenvalue weighted by molar-refractivity contribution is -0.154. The number of Topliss-reactive ketones (excluding diaryl/α,β-unsaturated/α-hetero) is 1. The number of nitrogens with zero attached hydrogens (tertiary/aromatic N) is 1. The van der Waals surface area contributed by atoms with Crippen molar-refractivity contribution in [1.82, 2.24) is 4.98 Å². The number of aromatic nitrogens is 1. The van der Waals surface area contributed by atoms with Crippen molar-refractivity contribution >= 4 is 29.2 Å². The molecule has 8 heteroatoms. The number of aliphatic hydroxyl groups excluding tert-OH is 3. The maximum Gasteiger partial charge on any atom is 0.309 e. The number of ether oxygens (including phenoxy) is 1. The second-order valence-electron chi connectivity index (χ2n) is 10.4. The average molecular weight is 496 g/mol. The molecule has 1 aromatic rings. The topological polar surface area (TPSA) is 117 Å². The zero-order valence-corrected chi connectivity index (χ0v) is 22.1. The minimum atomic E-state index is -1.25. The molecular formula is C26H41NO6S. The lowest BCUT2D eigenvalue weighted by Gasteiger charge is -2.34. The Bertz CT molecular complexity index is 863. The first kappa shape index (κ1) is 28.6. The van der Waals surface area contributed by atoms with Gasteiger partial charge in [-0.05, 0) is 57.1 Å². The number of aliphatic hydroxyl groups is 3. The second kappa shape index (κ2) is 12.4. The summed E-state index contributed by atoms with van der Waals surface area (Å²) in [6, 6.07) is 0. The average Bonchev–Trinajstić information content (AvgIpc) is 3.18. The van der Waals surface area contributed by atoms with Gasteiger partial charge in [0.15, 0.2) is 0 Å². The van der Waals surface area contributed by atoms with Gasteiger partial charge in [0.2, 0.25) is 0 Å². The highest BCUT2D eigenvalue weighted by atomic mass is 32.1. The van der Waals surface area contributed by atoms with Gasteiger partial charge in [-0.1, -0.05) is 34.1 Å². The molecule has 1 aliphatic rings. The molecule has 0 aromatic carbocycles. The normalized spacial score (nSPS) is 32.9. The molecule has 0 aliphatic carbocycles. The molecule has 2 rings (SSSR count). The molecule has 6 unspecified atom stereocenters. The molecule has 0 bridgehead atoms. The Morgan fingerprint density at radius 2 is 1.82 bits per heavy atom. The molecule has 7 nitrogen and oxygen atoms in total. The molecule has 0 amide bonds. The number of thiazole rings is 1. The summed E-state index contributed by atoms with van der Waals surface area (Å²) < 4.78 is 5.74. The number of carbonyl (C=O) groups is 2. The summed E-state index contributed by atoms with van der Waals surface area (Å²) in [7, 11) is 0. The van der Waals surface area contributed by atoms with Crippen LogP contribution in [-0.4, -0.2) is 56.5 Å². The van der Waals surface area contributed by atoms with Crippen molar-refractivity contribution < 1.29 is 29.6 Å². The van der Waals surface area contributed by atoms with E-state index in [-0.39, 0.29) is 18.1 Å². The first-order chi connectivity index (χ1) is 15.8. The van der Waals surface area contributed by atoms with E-state index in [1.165, 1.54) is 11.3 Å². The van der Waals surface area contributed by atoms with Crippen molar-refractivity contribution in [2.24, 2.45) is 17.3 Å². The Labute approximate surface area is 207 Å². The van der Waals surface area contributed by atoms with E-state index < -0.39 is 41.7 Å². The van der Waals surface area contributed by atoms with Crippen LogP contribution in [0.1, 0.15) is 83.8 Å². The fourth-order valence-electron chi connectivity index (χ4n) is 4.51. The number of esters is 1. The molecule has 0 saturated carbocycles. The maximum atomic E-state index is 13.1. The van der Waals surface area contributed by atoms with E-state index in [1.54, 1.807) is 20.8 Å². The largest absolute Gasteiger partial charge is 0.458 e. The predicted molar refractivity (Wildman–Crippen MR) is 133 cm³/mol. The van der Waals surface area contributed by atoms with E-state index in [0.29, 0.717) is 32.1 Å². The van der Waals surface area contributed by atoms with Crippen LogP contribution < -0.4 is 0 Å². The van der Waals surface area contributed by atoms with Gasteiger partial charge in [-0.25, -0.2) is 4.98 Å². The maximum absolute atomic E-state index is 13.1. The van der Waals surface area contributed by atoms with Gasteiger partial charge in [0.25, 0.3) is 0 Å². The first-order valence-electron chi connectivity index (χ1n) is 12.2. The van der Waals surface area contributed by atoms with Crippen molar-refractivity contribution in [2.45, 2.75) is 104 Å². The van der Waals surface area contributed by atoms with Crippen LogP contribution in [0.25, 0.3) is 6.08 Å². The molecule has 0 spiro atoms. The third-order valence-electron chi connectivity index (χ3n) is 7.09. The SMILES string of the molecule is CC(=Cc1csc(C)n1)C1CCC(O)CCCC(C)C(O)C(C)C(=O)C(C)(C)C(O)CC(=O)O1. The van der Waals surface area contributed by atoms with E-state index in [9.17, 15) is 24.9 Å². The molecule has 1 saturated heterocycles. The van der Waals surface area contributed by atoms with Gasteiger partial charge in [-0.2, -0.15) is 0 Å². The van der Waals surface area contributed by atoms with Crippen LogP contribution in [0.2, 0.25) is 0 Å². The number of carbonyl (C=O) groups excluding carboxylic acids is 2. The number of aryl methyl sites for hydroxylation is 1. The third kappa shape index (κ3) is 7.70. The summed E-state index contributed by atoms with van der Waals surface area (Å²) >= 11 is 1.53. The number of hydrogen-bond donors (Lipinski definition) is 3. The minimum Gasteiger partial charge on any atom is -0.458 e. The highest BCUT2D eigenvalue weighted by Gasteiger charge is 2.42. The highest BCUT2D eigenvalue weighted by Crippen LogP contribution is 2.32. The highest BCUT2D eigenvalue weighted by molar-refractivity contribution is 7.09. The summed E-state index contributed by atoms with van der Waals surface area (Å²) in [5, 5.41) is 34.9. The molecule has 1 aromatic heterocycles. The Morgan fingerprint density at radius 1 is 1.15 bits per heavy atom. The fraction of sp³-hybridized carbons (Fsp3) is 0.731. The quantitative estimate of drug-likeness (QED) is 0.530. The van der Waals surface area contributed by atoms with Gasteiger partial charge in [0.05, 0.1) is 40.8 Å². The van der Waals surface area contributed by atoms with Crippen molar-refractivity contribution in [3.63, 3.8) is 0 Å². The number of rotatable bonds is 2. The molecular weight excluding hydrogens is 454 g/mol. The zero-order valence-electron chi connectivity index (χ0n) is 21.3. The monoisotopic (exact) mass is 495 g/mol. The predicted octanol–water partition coefficient (Wildman–Crippen LogP) is 4.07. The van der Waals surface area contributed by atoms with E-state index >= 15 is 0 Å². The van der Waals surface area contributed by atoms with Crippen LogP contribution in [0.4, 0.5) is 0 Å². The van der Waals surface area contributed by atoms with Gasteiger partial charge in [0, 0.05) is 11.3 Å². The van der Waals surface area contributed by atoms with Crippen LogP contribution in [0.15, 0.2) is 11.0 Å². The molecule has 192 valence electrons. The zero-order chi connectivity index (χ0) is 25.6. The van der Waals surface area contributed by atoms with Gasteiger partial charge >= 0.3 is 5.97 Å². The van der Waals surface area contributed by atoms with E-state index in [4.69, 9.17) is 4.74 Å². The van der Waals surface area contributed by atoms with Crippen LogP contribution in [0.3, 0.4) is 0 Å². The smallest absolute Gasteiger partial charge is 0.309 e. The molecule has 0 radical (unpaired) electrons. The summed E-state index contributed by atoms with van der Waals surface area (Å²) in [4.78, 5) is 30.4. The lowest BCUT2D eigenvalue weighted by atomic mass is 9.73. The minimum absolute atomic E-state index is 0.128. The molecule has 1 fully saturated rings. The number of ketones is 1. The lowest BCUT2D eigenvalue weighted by Crippen LogP contribution is -2.45. The van der Waals surface area contributed by atoms with Gasteiger partial charge < -0.3 is 20.1 Å². The Balaban J connectivity index is 2.27. The Morgan fingerprint density at radius 3 is 2.44 bits per heavy atom. The van der Waals surface area contributed by atoms with E-state index in [0.717, 1.165) is 16.3 Å². The van der Waals surface area contributed by atoms with E-state index in [2.05, 4.69) is 4.98 Å². The van der Waals surface area contributed by atoms with Crippen molar-refractivity contribution in [1.29, 1.82) is 0 Å². The summed E-state index contributed by atoms with van der Waals surface area (Å²) in [6.07, 6.45) is 1.16. The van der Waals surface area contributed by atoms with Gasteiger partial charge in [-0.3, -0.25) is 9.59 Å².